The molecule has 0 aromatic rings. The summed E-state index contributed by atoms with van der Waals surface area (Å²) in [6.45, 7) is -1.26. The molecule has 0 unspecified atom stereocenters. The fraction of sp³-hybridized carbons (Fsp3) is 0.929. The van der Waals surface area contributed by atoms with E-state index in [4.69, 9.17) is 23.7 Å². The molecule has 2 fully saturated rings. The van der Waals surface area contributed by atoms with Gasteiger partial charge >= 0.3 is 118 Å². The zero-order chi connectivity index (χ0) is 29.2. The third-order valence-corrected chi connectivity index (χ3v) is 6.76. The quantitative estimate of drug-likeness (QED) is 0.0829. The van der Waals surface area contributed by atoms with Crippen LogP contribution in [0.15, 0.2) is 0 Å². The largest absolute Gasteiger partial charge is 1.00 e. The van der Waals surface area contributed by atoms with Crippen molar-refractivity contribution in [2.24, 2.45) is 0 Å². The summed E-state index contributed by atoms with van der Waals surface area (Å²) >= 11 is 0. The van der Waals surface area contributed by atoms with Crippen LogP contribution in [0.5, 0.6) is 0 Å². The first-order valence-electron chi connectivity index (χ1n) is 9.93. The molecule has 0 bridgehead atoms. The van der Waals surface area contributed by atoms with Gasteiger partial charge in [0.25, 0.3) is 0 Å². The zero-order valence-corrected chi connectivity index (χ0v) is 33.5. The molecule has 0 spiro atoms. The molecule has 0 aromatic carbocycles. The van der Waals surface area contributed by atoms with Crippen molar-refractivity contribution in [3.05, 3.63) is 0 Å². The van der Waals surface area contributed by atoms with Gasteiger partial charge in [0.15, 0.2) is 33.2 Å². The molecule has 2 aliphatic heterocycles. The Morgan fingerprint density at radius 1 is 0.786 bits per heavy atom. The van der Waals surface area contributed by atoms with Gasteiger partial charge in [0, 0.05) is 14.2 Å². The van der Waals surface area contributed by atoms with Gasteiger partial charge in [0.1, 0.15) is 48.7 Å². The molecule has 224 valence electrons. The number of ether oxygens (including phenoxy) is 5. The molecule has 21 nitrogen and oxygen atoms in total. The molecular weight excluding hydrogens is 688 g/mol. The number of aliphatic hydroxyl groups excluding tert-OH is 2. The molecule has 0 aromatic heterocycles. The van der Waals surface area contributed by atoms with Crippen molar-refractivity contribution >= 4 is 37.0 Å². The standard InChI is InChI=1S/C14H26N2O19S3.4Na/c1-30-10-8(18)6(16-37(24,25)26)14(35-11(10)12(19)20)34-9-4(3-32-38(27,28)29)33-13(31-2)5(7(9)17)15-36(21,22)23;;;;/h4-11,13-18H,3H2,1-2H3,(H,19,20)(H,21,22,23)(H,24,25,26)(H,27,28,29);;;;/q;4*+1/p-4/t4-,5-,6-,7-,8-,9-,10+,11-,13+,14-;;;;/m1..../s1. The number of aliphatic hydroxyl groups is 2. The van der Waals surface area contributed by atoms with Crippen molar-refractivity contribution < 1.29 is 205 Å². The monoisotopic (exact) mass is 710 g/mol. The van der Waals surface area contributed by atoms with E-state index in [1.165, 1.54) is 9.44 Å². The molecule has 2 heterocycles. The summed E-state index contributed by atoms with van der Waals surface area (Å²) in [6.07, 6.45) is -16.8. The van der Waals surface area contributed by atoms with Gasteiger partial charge in [-0.15, -0.1) is 0 Å². The minimum atomic E-state index is -5.43. The van der Waals surface area contributed by atoms with Crippen LogP contribution in [-0.4, -0.2) is 137 Å². The maximum absolute atomic E-state index is 11.5. The van der Waals surface area contributed by atoms with E-state index in [1.54, 1.807) is 0 Å². The van der Waals surface area contributed by atoms with Gasteiger partial charge in [-0.05, 0) is 0 Å². The number of carbonyl (C=O) groups excluding carboxylic acids is 1. The van der Waals surface area contributed by atoms with Crippen LogP contribution >= 0.6 is 0 Å². The van der Waals surface area contributed by atoms with Crippen LogP contribution in [0.1, 0.15) is 0 Å². The number of nitrogens with one attached hydrogen (secondary N) is 2. The number of carboxylic acid groups (broad SMARTS) is 1. The normalized spacial score (nSPS) is 33.6. The van der Waals surface area contributed by atoms with Crippen LogP contribution in [0.4, 0.5) is 0 Å². The fourth-order valence-corrected chi connectivity index (χ4v) is 5.20. The SMILES string of the molecule is CO[C@H]1O[C@H](COS(=O)(=O)[O-])[C@@H](O[C@@H]2O[C@@H](C(=O)[O-])[C@@H](OC)[C@H](O)[C@H]2NS(=O)(=O)[O-])[C@H](O)[C@H]1NS(=O)(=O)[O-].[Na+].[Na+].[Na+].[Na+]. The second-order valence-electron chi connectivity index (χ2n) is 7.69. The summed E-state index contributed by atoms with van der Waals surface area (Å²) < 4.78 is 133. The Hall–Kier alpha value is 2.80. The van der Waals surface area contributed by atoms with E-state index in [1.807, 2.05) is 0 Å². The predicted octanol–water partition coefficient (Wildman–Crippen LogP) is -19.7. The minimum absolute atomic E-state index is 0. The van der Waals surface area contributed by atoms with Crippen molar-refractivity contribution in [3.8, 4) is 0 Å². The van der Waals surface area contributed by atoms with Crippen molar-refractivity contribution in [1.29, 1.82) is 0 Å². The van der Waals surface area contributed by atoms with Crippen LogP contribution in [0.3, 0.4) is 0 Å². The first-order valence-corrected chi connectivity index (χ1v) is 14.1. The predicted molar refractivity (Wildman–Crippen MR) is 106 cm³/mol. The Balaban J connectivity index is -0.00000380. The summed E-state index contributed by atoms with van der Waals surface area (Å²) in [7, 11) is -14.4. The fourth-order valence-electron chi connectivity index (χ4n) is 3.73. The Labute approximate surface area is 329 Å². The number of carbonyl (C=O) groups is 1. The van der Waals surface area contributed by atoms with Gasteiger partial charge in [-0.3, -0.25) is 4.18 Å². The molecular formula is C14H22N2Na4O19S3. The molecule has 42 heavy (non-hydrogen) atoms. The summed E-state index contributed by atoms with van der Waals surface area (Å²) in [5.74, 6) is -2.03. The first-order chi connectivity index (χ1) is 17.3. The topological polar surface area (TPSA) is 332 Å². The number of methoxy groups -OCH3 is 2. The van der Waals surface area contributed by atoms with Gasteiger partial charge in [-0.2, -0.15) is 0 Å². The summed E-state index contributed by atoms with van der Waals surface area (Å²) in [5.41, 5.74) is 0. The van der Waals surface area contributed by atoms with E-state index in [0.717, 1.165) is 14.2 Å². The zero-order valence-electron chi connectivity index (χ0n) is 23.0. The van der Waals surface area contributed by atoms with Crippen molar-refractivity contribution in [1.82, 2.24) is 9.44 Å². The van der Waals surface area contributed by atoms with Crippen LogP contribution < -0.4 is 133 Å². The average Bonchev–Trinajstić information content (AvgIpc) is 2.75. The number of carboxylic acids is 1. The average molecular weight is 710 g/mol. The van der Waals surface area contributed by atoms with E-state index in [0.29, 0.717) is 0 Å². The smallest absolute Gasteiger partial charge is 0.735 e. The first kappa shape index (κ1) is 49.2. The van der Waals surface area contributed by atoms with Crippen LogP contribution in [0.25, 0.3) is 0 Å². The second kappa shape index (κ2) is 20.3. The molecule has 0 amide bonds. The molecule has 0 radical (unpaired) electrons. The van der Waals surface area contributed by atoms with Crippen molar-refractivity contribution in [2.75, 3.05) is 20.8 Å². The van der Waals surface area contributed by atoms with Gasteiger partial charge in [0.05, 0.1) is 12.6 Å². The Morgan fingerprint density at radius 2 is 1.24 bits per heavy atom. The summed E-state index contributed by atoms with van der Waals surface area (Å²) in [5, 5.41) is 32.8. The third-order valence-electron chi connectivity index (χ3n) is 5.22. The molecule has 4 N–H and O–H groups in total. The van der Waals surface area contributed by atoms with E-state index < -0.39 is 105 Å². The molecule has 10 atom stereocenters. The molecule has 0 aliphatic carbocycles. The van der Waals surface area contributed by atoms with E-state index in [-0.39, 0.29) is 118 Å². The van der Waals surface area contributed by atoms with Gasteiger partial charge < -0.3 is 57.5 Å². The molecule has 2 aliphatic rings. The van der Waals surface area contributed by atoms with Crippen molar-refractivity contribution in [3.63, 3.8) is 0 Å². The van der Waals surface area contributed by atoms with E-state index in [2.05, 4.69) is 4.18 Å². The Kier molecular flexibility index (Phi) is 23.8. The summed E-state index contributed by atoms with van der Waals surface area (Å²) in [4.78, 5) is 11.5. The Morgan fingerprint density at radius 3 is 1.62 bits per heavy atom. The number of hydrogen-bond donors (Lipinski definition) is 4. The Bertz CT molecular complexity index is 1160. The van der Waals surface area contributed by atoms with Crippen LogP contribution in [0, 0.1) is 0 Å². The molecule has 28 heteroatoms. The maximum atomic E-state index is 11.5. The molecule has 0 saturated carbocycles. The number of aliphatic carboxylic acids is 1. The van der Waals surface area contributed by atoms with Gasteiger partial charge in [-0.25, -0.2) is 34.7 Å². The minimum Gasteiger partial charge on any atom is -0.735 e. The number of hydrogen-bond acceptors (Lipinski definition) is 19. The van der Waals surface area contributed by atoms with Gasteiger partial charge in [-0.1, -0.05) is 0 Å². The van der Waals surface area contributed by atoms with E-state index >= 15 is 0 Å². The van der Waals surface area contributed by atoms with Crippen LogP contribution in [0.2, 0.25) is 0 Å². The molecule has 2 saturated heterocycles. The number of rotatable bonds is 12. The third kappa shape index (κ3) is 14.9. The maximum Gasteiger partial charge on any atom is 1.00 e. The summed E-state index contributed by atoms with van der Waals surface area (Å²) in [6, 6.07) is -4.19. The second-order valence-corrected chi connectivity index (χ2v) is 11.0. The van der Waals surface area contributed by atoms with Crippen molar-refractivity contribution in [2.45, 2.75) is 61.3 Å². The van der Waals surface area contributed by atoms with Crippen LogP contribution in [-0.2, 0) is 63.7 Å². The molecule has 2 rings (SSSR count). The van der Waals surface area contributed by atoms with E-state index in [9.17, 15) is 59.0 Å². The van der Waals surface area contributed by atoms with Gasteiger partial charge in [0.2, 0.25) is 10.4 Å².